The molecule has 1 aromatic heterocycles. The first-order valence-corrected chi connectivity index (χ1v) is 7.68. The molecular formula is C18H22BNO2. The highest BCUT2D eigenvalue weighted by atomic mass is 16.7. The molecule has 0 unspecified atom stereocenters. The van der Waals surface area contributed by atoms with Crippen molar-refractivity contribution in [3.05, 3.63) is 48.2 Å². The molecule has 1 saturated heterocycles. The average molecular weight is 295 g/mol. The van der Waals surface area contributed by atoms with E-state index >= 15 is 0 Å². The molecule has 1 aromatic carbocycles. The normalized spacial score (nSPS) is 19.4. The lowest BCUT2D eigenvalue weighted by atomic mass is 9.78. The minimum absolute atomic E-state index is 0.363. The molecule has 4 heteroatoms. The predicted molar refractivity (Wildman–Crippen MR) is 90.1 cm³/mol. The molecule has 0 N–H and O–H groups in total. The molecular weight excluding hydrogens is 273 g/mol. The zero-order valence-electron chi connectivity index (χ0n) is 13.9. The van der Waals surface area contributed by atoms with Crippen molar-refractivity contribution in [1.29, 1.82) is 0 Å². The lowest BCUT2D eigenvalue weighted by Gasteiger charge is -2.32. The van der Waals surface area contributed by atoms with E-state index in [1.807, 2.05) is 18.2 Å². The van der Waals surface area contributed by atoms with E-state index in [-0.39, 0.29) is 11.2 Å². The Hall–Kier alpha value is -1.65. The summed E-state index contributed by atoms with van der Waals surface area (Å²) in [5, 5.41) is 0. The first-order chi connectivity index (χ1) is 10.3. The van der Waals surface area contributed by atoms with Gasteiger partial charge in [-0.25, -0.2) is 0 Å². The minimum atomic E-state index is -0.444. The number of pyridine rings is 1. The van der Waals surface area contributed by atoms with E-state index in [0.29, 0.717) is 0 Å². The Bertz CT molecular complexity index is 681. The standard InChI is InChI=1S/C18H22BNO2/c1-13-9-6-7-10-14(13)15-11-8-12-20-16(15)19-21-17(2,3)18(4,5)22-19/h6-12H,1-5H3. The number of aromatic nitrogens is 1. The summed E-state index contributed by atoms with van der Waals surface area (Å²) in [5.41, 5.74) is 3.57. The van der Waals surface area contributed by atoms with Gasteiger partial charge in [-0.1, -0.05) is 30.3 Å². The largest absolute Gasteiger partial charge is 0.515 e. The first-order valence-electron chi connectivity index (χ1n) is 7.68. The number of aryl methyl sites for hydroxylation is 1. The van der Waals surface area contributed by atoms with Gasteiger partial charge in [0, 0.05) is 11.8 Å². The van der Waals surface area contributed by atoms with Crippen molar-refractivity contribution in [1.82, 2.24) is 4.98 Å². The fraction of sp³-hybridized carbons (Fsp3) is 0.389. The summed E-state index contributed by atoms with van der Waals surface area (Å²) < 4.78 is 12.3. The summed E-state index contributed by atoms with van der Waals surface area (Å²) in [6.45, 7) is 10.3. The van der Waals surface area contributed by atoms with E-state index in [1.54, 1.807) is 6.20 Å². The van der Waals surface area contributed by atoms with Gasteiger partial charge in [0.25, 0.3) is 0 Å². The second-order valence-corrected chi connectivity index (χ2v) is 6.84. The quantitative estimate of drug-likeness (QED) is 0.796. The molecule has 3 rings (SSSR count). The molecule has 0 atom stereocenters. The summed E-state index contributed by atoms with van der Waals surface area (Å²) in [7, 11) is -0.444. The molecule has 1 aliphatic rings. The van der Waals surface area contributed by atoms with Gasteiger partial charge in [-0.15, -0.1) is 0 Å². The van der Waals surface area contributed by atoms with Crippen molar-refractivity contribution < 1.29 is 9.31 Å². The smallest absolute Gasteiger partial charge is 0.398 e. The molecule has 0 spiro atoms. The van der Waals surface area contributed by atoms with Crippen LogP contribution in [0.4, 0.5) is 0 Å². The summed E-state index contributed by atoms with van der Waals surface area (Å²) in [6, 6.07) is 12.3. The summed E-state index contributed by atoms with van der Waals surface area (Å²) in [6.07, 6.45) is 1.79. The van der Waals surface area contributed by atoms with Crippen LogP contribution in [0.25, 0.3) is 11.1 Å². The molecule has 1 fully saturated rings. The minimum Gasteiger partial charge on any atom is -0.398 e. The Kier molecular flexibility index (Phi) is 3.62. The van der Waals surface area contributed by atoms with Crippen molar-refractivity contribution in [2.75, 3.05) is 0 Å². The Labute approximate surface area is 132 Å². The highest BCUT2D eigenvalue weighted by molar-refractivity contribution is 6.62. The SMILES string of the molecule is Cc1ccccc1-c1cccnc1B1OC(C)(C)C(C)(C)O1. The highest BCUT2D eigenvalue weighted by Gasteiger charge is 2.52. The molecule has 1 aliphatic heterocycles. The number of benzene rings is 1. The zero-order chi connectivity index (χ0) is 16.0. The van der Waals surface area contributed by atoms with Crippen LogP contribution in [0, 0.1) is 6.92 Å². The molecule has 2 heterocycles. The number of hydrogen-bond donors (Lipinski definition) is 0. The second kappa shape index (κ2) is 5.22. The van der Waals surface area contributed by atoms with E-state index in [0.717, 1.165) is 11.2 Å². The third kappa shape index (κ3) is 2.47. The van der Waals surface area contributed by atoms with Crippen LogP contribution >= 0.6 is 0 Å². The van der Waals surface area contributed by atoms with Gasteiger partial charge >= 0.3 is 7.12 Å². The van der Waals surface area contributed by atoms with Crippen molar-refractivity contribution in [2.24, 2.45) is 0 Å². The van der Waals surface area contributed by atoms with Crippen molar-refractivity contribution in [2.45, 2.75) is 45.8 Å². The van der Waals surface area contributed by atoms with E-state index in [2.05, 4.69) is 57.8 Å². The third-order valence-corrected chi connectivity index (χ3v) is 4.75. The number of hydrogen-bond acceptors (Lipinski definition) is 3. The molecule has 0 bridgehead atoms. The molecule has 0 radical (unpaired) electrons. The highest BCUT2D eigenvalue weighted by Crippen LogP contribution is 2.37. The molecule has 3 nitrogen and oxygen atoms in total. The molecule has 2 aromatic rings. The lowest BCUT2D eigenvalue weighted by molar-refractivity contribution is 0.00578. The maximum absolute atomic E-state index is 6.17. The summed E-state index contributed by atoms with van der Waals surface area (Å²) in [5.74, 6) is 0. The molecule has 0 saturated carbocycles. The third-order valence-electron chi connectivity index (χ3n) is 4.75. The molecule has 0 aliphatic carbocycles. The monoisotopic (exact) mass is 295 g/mol. The topological polar surface area (TPSA) is 31.4 Å². The Morgan fingerprint density at radius 3 is 2.09 bits per heavy atom. The van der Waals surface area contributed by atoms with Crippen LogP contribution in [-0.2, 0) is 9.31 Å². The Balaban J connectivity index is 2.06. The number of nitrogens with zero attached hydrogens (tertiary/aromatic N) is 1. The van der Waals surface area contributed by atoms with Crippen LogP contribution < -0.4 is 5.59 Å². The lowest BCUT2D eigenvalue weighted by Crippen LogP contribution is -2.41. The average Bonchev–Trinajstić information content (AvgIpc) is 2.68. The molecule has 22 heavy (non-hydrogen) atoms. The van der Waals surface area contributed by atoms with Crippen LogP contribution in [0.2, 0.25) is 0 Å². The second-order valence-electron chi connectivity index (χ2n) is 6.84. The van der Waals surface area contributed by atoms with Gasteiger partial charge in [-0.05, 0) is 51.8 Å². The Morgan fingerprint density at radius 2 is 1.45 bits per heavy atom. The Morgan fingerprint density at radius 1 is 0.864 bits per heavy atom. The van der Waals surface area contributed by atoms with E-state index in [9.17, 15) is 0 Å². The van der Waals surface area contributed by atoms with Crippen molar-refractivity contribution in [3.8, 4) is 11.1 Å². The van der Waals surface area contributed by atoms with Gasteiger partial charge in [0.2, 0.25) is 0 Å². The molecule has 0 amide bonds. The number of rotatable bonds is 2. The van der Waals surface area contributed by atoms with Crippen LogP contribution in [0.5, 0.6) is 0 Å². The first kappa shape index (κ1) is 15.3. The maximum Gasteiger partial charge on any atom is 0.515 e. The summed E-state index contributed by atoms with van der Waals surface area (Å²) >= 11 is 0. The fourth-order valence-corrected chi connectivity index (χ4v) is 2.66. The van der Waals surface area contributed by atoms with E-state index in [4.69, 9.17) is 9.31 Å². The zero-order valence-corrected chi connectivity index (χ0v) is 13.9. The van der Waals surface area contributed by atoms with Gasteiger partial charge < -0.3 is 9.31 Å². The van der Waals surface area contributed by atoms with Crippen LogP contribution in [0.1, 0.15) is 33.3 Å². The van der Waals surface area contributed by atoms with Gasteiger partial charge in [-0.3, -0.25) is 4.98 Å². The van der Waals surface area contributed by atoms with Crippen molar-refractivity contribution >= 4 is 12.7 Å². The summed E-state index contributed by atoms with van der Waals surface area (Å²) in [4.78, 5) is 4.56. The van der Waals surface area contributed by atoms with Crippen LogP contribution in [0.15, 0.2) is 42.6 Å². The van der Waals surface area contributed by atoms with Gasteiger partial charge in [0.05, 0.1) is 16.8 Å². The van der Waals surface area contributed by atoms with Crippen LogP contribution in [0.3, 0.4) is 0 Å². The van der Waals surface area contributed by atoms with E-state index in [1.165, 1.54) is 11.1 Å². The fourth-order valence-electron chi connectivity index (χ4n) is 2.66. The van der Waals surface area contributed by atoms with Gasteiger partial charge in [0.1, 0.15) is 0 Å². The van der Waals surface area contributed by atoms with E-state index < -0.39 is 7.12 Å². The van der Waals surface area contributed by atoms with Crippen molar-refractivity contribution in [3.63, 3.8) is 0 Å². The van der Waals surface area contributed by atoms with Gasteiger partial charge in [0.15, 0.2) is 0 Å². The molecule has 114 valence electrons. The maximum atomic E-state index is 6.17. The van der Waals surface area contributed by atoms with Gasteiger partial charge in [-0.2, -0.15) is 0 Å². The van der Waals surface area contributed by atoms with Crippen LogP contribution in [-0.4, -0.2) is 23.3 Å². The predicted octanol–water partition coefficient (Wildman–Crippen LogP) is 3.36.